The zero-order valence-electron chi connectivity index (χ0n) is 14.1. The van der Waals surface area contributed by atoms with Crippen LogP contribution in [0, 0.1) is 0 Å². The first kappa shape index (κ1) is 17.0. The van der Waals surface area contributed by atoms with Gasteiger partial charge in [-0.25, -0.2) is 4.98 Å². The maximum absolute atomic E-state index is 10.6. The smallest absolute Gasteiger partial charge is 0.126 e. The van der Waals surface area contributed by atoms with Crippen molar-refractivity contribution in [3.63, 3.8) is 0 Å². The van der Waals surface area contributed by atoms with Gasteiger partial charge in [0.2, 0.25) is 0 Å². The van der Waals surface area contributed by atoms with E-state index >= 15 is 0 Å². The largest absolute Gasteiger partial charge is 0.387 e. The van der Waals surface area contributed by atoms with Crippen LogP contribution in [0.25, 0.3) is 11.0 Å². The molecule has 24 heavy (non-hydrogen) atoms. The molecule has 4 nitrogen and oxygen atoms in total. The number of nitrogens with zero attached hydrogens (tertiary/aromatic N) is 2. The first-order chi connectivity index (χ1) is 11.5. The highest BCUT2D eigenvalue weighted by atomic mass is 35.5. The van der Waals surface area contributed by atoms with Crippen molar-refractivity contribution >= 4 is 22.6 Å². The Labute approximate surface area is 147 Å². The molecule has 0 aliphatic rings. The number of aromatic nitrogens is 2. The van der Waals surface area contributed by atoms with Crippen molar-refractivity contribution < 1.29 is 5.11 Å². The van der Waals surface area contributed by atoms with Crippen LogP contribution in [0.4, 0.5) is 0 Å². The molecule has 0 radical (unpaired) electrons. The van der Waals surface area contributed by atoms with Gasteiger partial charge in [0.15, 0.2) is 0 Å². The molecule has 0 saturated carbocycles. The van der Waals surface area contributed by atoms with Gasteiger partial charge >= 0.3 is 0 Å². The van der Waals surface area contributed by atoms with Crippen LogP contribution in [-0.4, -0.2) is 20.7 Å². The van der Waals surface area contributed by atoms with E-state index in [-0.39, 0.29) is 12.1 Å². The van der Waals surface area contributed by atoms with Gasteiger partial charge in [-0.15, -0.1) is 0 Å². The summed E-state index contributed by atoms with van der Waals surface area (Å²) in [5.41, 5.74) is 2.93. The molecule has 3 rings (SSSR count). The Kier molecular flexibility index (Phi) is 4.90. The summed E-state index contributed by atoms with van der Waals surface area (Å²) >= 11 is 5.91. The normalized spacial score (nSPS) is 15.4. The Hall–Kier alpha value is -1.88. The van der Waals surface area contributed by atoms with Crippen molar-refractivity contribution in [1.82, 2.24) is 14.9 Å². The topological polar surface area (TPSA) is 50.1 Å². The van der Waals surface area contributed by atoms with Crippen molar-refractivity contribution in [2.24, 2.45) is 7.05 Å². The van der Waals surface area contributed by atoms with E-state index < -0.39 is 6.10 Å². The van der Waals surface area contributed by atoms with Crippen LogP contribution in [0.1, 0.15) is 37.4 Å². The van der Waals surface area contributed by atoms with Crippen LogP contribution in [0.2, 0.25) is 5.02 Å². The van der Waals surface area contributed by atoms with Crippen molar-refractivity contribution in [2.45, 2.75) is 32.0 Å². The van der Waals surface area contributed by atoms with Gasteiger partial charge in [0.05, 0.1) is 23.2 Å². The zero-order chi connectivity index (χ0) is 17.3. The average Bonchev–Trinajstić information content (AvgIpc) is 2.92. The lowest BCUT2D eigenvalue weighted by atomic mass is 10.0. The summed E-state index contributed by atoms with van der Waals surface area (Å²) in [6.45, 7) is 4.03. The number of aliphatic hydroxyl groups is 1. The predicted octanol–water partition coefficient (Wildman–Crippen LogP) is 4.00. The number of para-hydroxylation sites is 2. The molecular formula is C19H22ClN3O. The Balaban J connectivity index is 1.76. The van der Waals surface area contributed by atoms with E-state index in [0.29, 0.717) is 5.02 Å². The molecule has 0 saturated heterocycles. The number of fused-ring (bicyclic) bond motifs is 1. The maximum atomic E-state index is 10.6. The van der Waals surface area contributed by atoms with Gasteiger partial charge in [-0.2, -0.15) is 0 Å². The molecule has 3 aromatic rings. The molecule has 2 N–H and O–H groups in total. The van der Waals surface area contributed by atoms with E-state index in [0.717, 1.165) is 22.4 Å². The van der Waals surface area contributed by atoms with Crippen LogP contribution in [0.15, 0.2) is 48.5 Å². The molecule has 0 aliphatic heterocycles. The maximum Gasteiger partial charge on any atom is 0.126 e. The number of imidazole rings is 1. The van der Waals surface area contributed by atoms with Gasteiger partial charge in [-0.1, -0.05) is 35.9 Å². The number of aryl methyl sites for hydroxylation is 1. The number of rotatable bonds is 5. The Morgan fingerprint density at radius 2 is 1.75 bits per heavy atom. The lowest BCUT2D eigenvalue weighted by molar-refractivity contribution is 0.130. The standard InChI is InChI=1S/C19H22ClN3O/c1-12(18(24)14-8-10-15(20)11-9-14)21-13(2)19-22-16-6-4-5-7-17(16)23(19)3/h4-13,18,21,24H,1-3H3. The summed E-state index contributed by atoms with van der Waals surface area (Å²) in [5.74, 6) is 0.950. The summed E-state index contributed by atoms with van der Waals surface area (Å²) in [5, 5.41) is 14.7. The van der Waals surface area contributed by atoms with Crippen LogP contribution in [0.5, 0.6) is 0 Å². The molecule has 1 heterocycles. The third kappa shape index (κ3) is 3.31. The zero-order valence-corrected chi connectivity index (χ0v) is 14.8. The molecule has 0 amide bonds. The number of halogens is 1. The minimum Gasteiger partial charge on any atom is -0.387 e. The second-order valence-electron chi connectivity index (χ2n) is 6.19. The predicted molar refractivity (Wildman–Crippen MR) is 98.1 cm³/mol. The first-order valence-corrected chi connectivity index (χ1v) is 8.46. The summed E-state index contributed by atoms with van der Waals surface area (Å²) in [4.78, 5) is 4.71. The minimum atomic E-state index is -0.612. The third-order valence-electron chi connectivity index (χ3n) is 4.41. The summed E-state index contributed by atoms with van der Waals surface area (Å²) in [6.07, 6.45) is -0.612. The fourth-order valence-corrected chi connectivity index (χ4v) is 3.19. The number of hydrogen-bond donors (Lipinski definition) is 2. The summed E-state index contributed by atoms with van der Waals surface area (Å²) in [7, 11) is 2.02. The fraction of sp³-hybridized carbons (Fsp3) is 0.316. The monoisotopic (exact) mass is 343 g/mol. The van der Waals surface area contributed by atoms with Crippen molar-refractivity contribution in [2.75, 3.05) is 0 Å². The third-order valence-corrected chi connectivity index (χ3v) is 4.66. The number of aliphatic hydroxyl groups excluding tert-OH is 1. The summed E-state index contributed by atoms with van der Waals surface area (Å²) < 4.78 is 2.09. The number of benzene rings is 2. The molecule has 2 aromatic carbocycles. The number of hydrogen-bond acceptors (Lipinski definition) is 3. The van der Waals surface area contributed by atoms with Crippen LogP contribution < -0.4 is 5.32 Å². The van der Waals surface area contributed by atoms with E-state index in [9.17, 15) is 5.11 Å². The molecule has 0 bridgehead atoms. The second-order valence-corrected chi connectivity index (χ2v) is 6.63. The lowest BCUT2D eigenvalue weighted by Gasteiger charge is -2.24. The van der Waals surface area contributed by atoms with E-state index in [2.05, 4.69) is 22.9 Å². The molecule has 0 spiro atoms. The number of nitrogens with one attached hydrogen (secondary N) is 1. The van der Waals surface area contributed by atoms with E-state index in [1.807, 2.05) is 44.3 Å². The lowest BCUT2D eigenvalue weighted by Crippen LogP contribution is -2.35. The van der Waals surface area contributed by atoms with Crippen LogP contribution in [0.3, 0.4) is 0 Å². The SMILES string of the molecule is CC(NC(C)C(O)c1ccc(Cl)cc1)c1nc2ccccc2n1C. The van der Waals surface area contributed by atoms with Crippen LogP contribution in [-0.2, 0) is 7.05 Å². The second kappa shape index (κ2) is 6.93. The van der Waals surface area contributed by atoms with Crippen molar-refractivity contribution in [3.05, 3.63) is 64.9 Å². The highest BCUT2D eigenvalue weighted by Gasteiger charge is 2.21. The molecular weight excluding hydrogens is 322 g/mol. The summed E-state index contributed by atoms with van der Waals surface area (Å²) in [6, 6.07) is 15.3. The van der Waals surface area contributed by atoms with Gasteiger partial charge in [0.25, 0.3) is 0 Å². The molecule has 1 aromatic heterocycles. The molecule has 0 aliphatic carbocycles. The van der Waals surface area contributed by atoms with Gasteiger partial charge in [0.1, 0.15) is 5.82 Å². The molecule has 126 valence electrons. The van der Waals surface area contributed by atoms with Crippen LogP contribution >= 0.6 is 11.6 Å². The van der Waals surface area contributed by atoms with E-state index in [1.165, 1.54) is 0 Å². The van der Waals surface area contributed by atoms with Gasteiger partial charge < -0.3 is 15.0 Å². The molecule has 5 heteroatoms. The Bertz CT molecular complexity index is 828. The van der Waals surface area contributed by atoms with Crippen molar-refractivity contribution in [3.8, 4) is 0 Å². The fourth-order valence-electron chi connectivity index (χ4n) is 3.06. The minimum absolute atomic E-state index is 0.0133. The first-order valence-electron chi connectivity index (χ1n) is 8.08. The van der Waals surface area contributed by atoms with E-state index in [4.69, 9.17) is 16.6 Å². The van der Waals surface area contributed by atoms with Gasteiger partial charge in [0, 0.05) is 18.1 Å². The highest BCUT2D eigenvalue weighted by Crippen LogP contribution is 2.23. The molecule has 0 fully saturated rings. The molecule has 3 unspecified atom stereocenters. The van der Waals surface area contributed by atoms with E-state index in [1.54, 1.807) is 12.1 Å². The average molecular weight is 344 g/mol. The van der Waals surface area contributed by atoms with Gasteiger partial charge in [-0.3, -0.25) is 0 Å². The Morgan fingerprint density at radius 3 is 2.42 bits per heavy atom. The van der Waals surface area contributed by atoms with Gasteiger partial charge in [-0.05, 0) is 43.7 Å². The Morgan fingerprint density at radius 1 is 1.08 bits per heavy atom. The highest BCUT2D eigenvalue weighted by molar-refractivity contribution is 6.30. The molecule has 3 atom stereocenters. The quantitative estimate of drug-likeness (QED) is 0.736. The van der Waals surface area contributed by atoms with Crippen molar-refractivity contribution in [1.29, 1.82) is 0 Å².